The molecule has 20 heavy (non-hydrogen) atoms. The van der Waals surface area contributed by atoms with Crippen LogP contribution in [0.15, 0.2) is 30.3 Å². The molecular formula is C14H16FNO4. The molecule has 2 rings (SSSR count). The standard InChI is InChI=1S/C14H16FNO4/c15-12-6-11(13(17)18)7-16(8-12)14(19)20-9-10-4-2-1-3-5-10/h1-5,11-12H,6-9H2,(H,17,18)/t11-,12-/m0/s1. The molecule has 0 spiro atoms. The van der Waals surface area contributed by atoms with Crippen LogP contribution in [0.25, 0.3) is 0 Å². The summed E-state index contributed by atoms with van der Waals surface area (Å²) >= 11 is 0. The molecule has 1 aliphatic heterocycles. The normalized spacial score (nSPS) is 22.4. The summed E-state index contributed by atoms with van der Waals surface area (Å²) in [6, 6.07) is 9.11. The van der Waals surface area contributed by atoms with Crippen molar-refractivity contribution < 1.29 is 23.8 Å². The molecule has 1 fully saturated rings. The largest absolute Gasteiger partial charge is 0.481 e. The first-order chi connectivity index (χ1) is 9.56. The van der Waals surface area contributed by atoms with Gasteiger partial charge in [-0.1, -0.05) is 30.3 Å². The predicted molar refractivity (Wildman–Crippen MR) is 68.8 cm³/mol. The van der Waals surface area contributed by atoms with Gasteiger partial charge < -0.3 is 14.7 Å². The number of hydrogen-bond donors (Lipinski definition) is 1. The Morgan fingerprint density at radius 2 is 2.00 bits per heavy atom. The lowest BCUT2D eigenvalue weighted by Crippen LogP contribution is -2.47. The van der Waals surface area contributed by atoms with E-state index in [1.54, 1.807) is 0 Å². The maximum atomic E-state index is 13.5. The van der Waals surface area contributed by atoms with Crippen LogP contribution >= 0.6 is 0 Å². The third kappa shape index (κ3) is 3.69. The highest BCUT2D eigenvalue weighted by molar-refractivity contribution is 5.73. The molecule has 1 saturated heterocycles. The zero-order valence-electron chi connectivity index (χ0n) is 10.9. The minimum absolute atomic E-state index is 0.0105. The maximum absolute atomic E-state index is 13.5. The van der Waals surface area contributed by atoms with Crippen LogP contribution in [0.4, 0.5) is 9.18 Å². The second-order valence-electron chi connectivity index (χ2n) is 4.81. The van der Waals surface area contributed by atoms with E-state index in [4.69, 9.17) is 9.84 Å². The number of rotatable bonds is 3. The fourth-order valence-corrected chi connectivity index (χ4v) is 2.18. The van der Waals surface area contributed by atoms with E-state index in [2.05, 4.69) is 0 Å². The number of carboxylic acids is 1. The first-order valence-electron chi connectivity index (χ1n) is 6.38. The van der Waals surface area contributed by atoms with Gasteiger partial charge in [0.05, 0.1) is 12.5 Å². The second-order valence-corrected chi connectivity index (χ2v) is 4.81. The van der Waals surface area contributed by atoms with Crippen molar-refractivity contribution in [3.8, 4) is 0 Å². The Morgan fingerprint density at radius 1 is 1.30 bits per heavy atom. The lowest BCUT2D eigenvalue weighted by Gasteiger charge is -2.32. The Hall–Kier alpha value is -2.11. The third-order valence-electron chi connectivity index (χ3n) is 3.21. The number of hydrogen-bond acceptors (Lipinski definition) is 3. The smallest absolute Gasteiger partial charge is 0.410 e. The number of carbonyl (C=O) groups is 2. The van der Waals surface area contributed by atoms with Gasteiger partial charge in [0.15, 0.2) is 0 Å². The molecule has 0 radical (unpaired) electrons. The van der Waals surface area contributed by atoms with Gasteiger partial charge in [-0.25, -0.2) is 9.18 Å². The lowest BCUT2D eigenvalue weighted by molar-refractivity contribution is -0.144. The molecule has 1 N–H and O–H groups in total. The average molecular weight is 281 g/mol. The summed E-state index contributed by atoms with van der Waals surface area (Å²) in [5.41, 5.74) is 0.824. The monoisotopic (exact) mass is 281 g/mol. The van der Waals surface area contributed by atoms with Crippen molar-refractivity contribution in [1.29, 1.82) is 0 Å². The summed E-state index contributed by atoms with van der Waals surface area (Å²) < 4.78 is 18.5. The maximum Gasteiger partial charge on any atom is 0.410 e. The Labute approximate surface area is 116 Å². The van der Waals surface area contributed by atoms with E-state index in [1.165, 1.54) is 0 Å². The van der Waals surface area contributed by atoms with E-state index in [9.17, 15) is 14.0 Å². The summed E-state index contributed by atoms with van der Waals surface area (Å²) in [4.78, 5) is 23.9. The quantitative estimate of drug-likeness (QED) is 0.921. The molecule has 1 amide bonds. The van der Waals surface area contributed by atoms with E-state index in [-0.39, 0.29) is 26.1 Å². The van der Waals surface area contributed by atoms with E-state index in [0.29, 0.717) is 0 Å². The van der Waals surface area contributed by atoms with Crippen LogP contribution in [0.2, 0.25) is 0 Å². The molecule has 5 nitrogen and oxygen atoms in total. The number of nitrogens with zero attached hydrogens (tertiary/aromatic N) is 1. The van der Waals surface area contributed by atoms with Crippen molar-refractivity contribution in [1.82, 2.24) is 4.90 Å². The lowest BCUT2D eigenvalue weighted by atomic mass is 9.97. The van der Waals surface area contributed by atoms with Gasteiger partial charge in [-0.05, 0) is 12.0 Å². The van der Waals surface area contributed by atoms with Crippen molar-refractivity contribution in [2.24, 2.45) is 5.92 Å². The first-order valence-corrected chi connectivity index (χ1v) is 6.38. The van der Waals surface area contributed by atoms with Gasteiger partial charge in [-0.3, -0.25) is 4.79 Å². The highest BCUT2D eigenvalue weighted by Crippen LogP contribution is 2.20. The number of amides is 1. The molecule has 1 heterocycles. The van der Waals surface area contributed by atoms with Crippen LogP contribution < -0.4 is 0 Å². The van der Waals surface area contributed by atoms with Crippen LogP contribution in [0, 0.1) is 5.92 Å². The zero-order valence-corrected chi connectivity index (χ0v) is 10.9. The summed E-state index contributed by atoms with van der Waals surface area (Å²) in [5.74, 6) is -1.96. The molecule has 0 aromatic heterocycles. The van der Waals surface area contributed by atoms with Crippen molar-refractivity contribution in [3.63, 3.8) is 0 Å². The van der Waals surface area contributed by atoms with E-state index in [1.807, 2.05) is 30.3 Å². The van der Waals surface area contributed by atoms with Crippen molar-refractivity contribution >= 4 is 12.1 Å². The van der Waals surface area contributed by atoms with Gasteiger partial charge in [-0.2, -0.15) is 0 Å². The molecule has 108 valence electrons. The number of carbonyl (C=O) groups excluding carboxylic acids is 1. The van der Waals surface area contributed by atoms with E-state index < -0.39 is 24.2 Å². The molecule has 1 aromatic rings. The Kier molecular flexibility index (Phi) is 4.55. The molecule has 0 bridgehead atoms. The topological polar surface area (TPSA) is 66.8 Å². The Morgan fingerprint density at radius 3 is 2.65 bits per heavy atom. The molecule has 0 saturated carbocycles. The molecular weight excluding hydrogens is 265 g/mol. The van der Waals surface area contributed by atoms with Crippen LogP contribution in [-0.2, 0) is 16.1 Å². The summed E-state index contributed by atoms with van der Waals surface area (Å²) in [7, 11) is 0. The SMILES string of the molecule is O=C(O)[C@H]1C[C@H](F)CN(C(=O)OCc2ccccc2)C1. The highest BCUT2D eigenvalue weighted by atomic mass is 19.1. The van der Waals surface area contributed by atoms with Gasteiger partial charge in [-0.15, -0.1) is 0 Å². The molecule has 0 aliphatic carbocycles. The number of ether oxygens (including phenoxy) is 1. The molecule has 0 unspecified atom stereocenters. The number of halogens is 1. The number of carboxylic acid groups (broad SMARTS) is 1. The number of benzene rings is 1. The molecule has 2 atom stereocenters. The summed E-state index contributed by atoms with van der Waals surface area (Å²) in [6.07, 6.45) is -2.06. The summed E-state index contributed by atoms with van der Waals surface area (Å²) in [5, 5.41) is 8.92. The fraction of sp³-hybridized carbons (Fsp3) is 0.429. The van der Waals surface area contributed by atoms with Crippen LogP contribution in [0.1, 0.15) is 12.0 Å². The van der Waals surface area contributed by atoms with Crippen molar-refractivity contribution in [2.45, 2.75) is 19.2 Å². The van der Waals surface area contributed by atoms with Gasteiger partial charge in [0, 0.05) is 6.54 Å². The van der Waals surface area contributed by atoms with Crippen LogP contribution in [0.5, 0.6) is 0 Å². The van der Waals surface area contributed by atoms with Crippen molar-refractivity contribution in [2.75, 3.05) is 13.1 Å². The molecule has 1 aromatic carbocycles. The predicted octanol–water partition coefficient (Wildman–Crippen LogP) is 2.07. The molecule has 1 aliphatic rings. The van der Waals surface area contributed by atoms with E-state index >= 15 is 0 Å². The van der Waals surface area contributed by atoms with Gasteiger partial charge in [0.25, 0.3) is 0 Å². The number of aliphatic carboxylic acids is 1. The summed E-state index contributed by atoms with van der Waals surface area (Å²) in [6.45, 7) is -0.0361. The van der Waals surface area contributed by atoms with Crippen LogP contribution in [-0.4, -0.2) is 41.3 Å². The minimum Gasteiger partial charge on any atom is -0.481 e. The number of piperidine rings is 1. The number of alkyl halides is 1. The van der Waals surface area contributed by atoms with Crippen molar-refractivity contribution in [3.05, 3.63) is 35.9 Å². The fourth-order valence-electron chi connectivity index (χ4n) is 2.18. The first kappa shape index (κ1) is 14.3. The average Bonchev–Trinajstić information content (AvgIpc) is 2.45. The van der Waals surface area contributed by atoms with Crippen LogP contribution in [0.3, 0.4) is 0 Å². The van der Waals surface area contributed by atoms with E-state index in [0.717, 1.165) is 10.5 Å². The highest BCUT2D eigenvalue weighted by Gasteiger charge is 2.34. The van der Waals surface area contributed by atoms with Gasteiger partial charge in [0.1, 0.15) is 12.8 Å². The third-order valence-corrected chi connectivity index (χ3v) is 3.21. The number of likely N-dealkylation sites (tertiary alicyclic amines) is 1. The Bertz CT molecular complexity index is 479. The zero-order chi connectivity index (χ0) is 14.5. The second kappa shape index (κ2) is 6.36. The molecule has 6 heteroatoms. The minimum atomic E-state index is -1.32. The van der Waals surface area contributed by atoms with Gasteiger partial charge >= 0.3 is 12.1 Å². The Balaban J connectivity index is 1.90. The van der Waals surface area contributed by atoms with Gasteiger partial charge in [0.2, 0.25) is 0 Å².